The molecule has 0 spiro atoms. The Morgan fingerprint density at radius 2 is 1.96 bits per heavy atom. The molecule has 1 aliphatic heterocycles. The normalized spacial score (nSPS) is 18.7. The molecule has 4 rings (SSSR count). The van der Waals surface area contributed by atoms with Crippen LogP contribution in [0.15, 0.2) is 48.0 Å². The second kappa shape index (κ2) is 7.07. The van der Waals surface area contributed by atoms with Crippen molar-refractivity contribution in [3.8, 4) is 0 Å². The summed E-state index contributed by atoms with van der Waals surface area (Å²) in [7, 11) is 0. The average molecular weight is 388 g/mol. The molecule has 0 saturated heterocycles. The van der Waals surface area contributed by atoms with Crippen LogP contribution in [0.4, 0.5) is 0 Å². The van der Waals surface area contributed by atoms with E-state index in [2.05, 4.69) is 6.07 Å². The molecule has 134 valence electrons. The lowest BCUT2D eigenvalue weighted by molar-refractivity contribution is 0.0675. The average Bonchev–Trinajstić information content (AvgIpc) is 3.00. The molecule has 0 bridgehead atoms. The molecule has 3 nitrogen and oxygen atoms in total. The molecule has 26 heavy (non-hydrogen) atoms. The summed E-state index contributed by atoms with van der Waals surface area (Å²) in [5.74, 6) is -0.0357. The largest absolute Gasteiger partial charge is 0.396 e. The summed E-state index contributed by atoms with van der Waals surface area (Å²) in [5, 5.41) is 10.9. The van der Waals surface area contributed by atoms with Crippen LogP contribution >= 0.6 is 23.2 Å². The minimum atomic E-state index is -0.0959. The van der Waals surface area contributed by atoms with Gasteiger partial charge in [0.05, 0.1) is 6.04 Å². The van der Waals surface area contributed by atoms with Crippen LogP contribution in [0.25, 0.3) is 5.57 Å². The Morgan fingerprint density at radius 3 is 2.73 bits per heavy atom. The smallest absolute Gasteiger partial charge is 0.254 e. The van der Waals surface area contributed by atoms with Gasteiger partial charge in [-0.2, -0.15) is 0 Å². The van der Waals surface area contributed by atoms with Crippen molar-refractivity contribution in [1.82, 2.24) is 4.90 Å². The number of amides is 1. The van der Waals surface area contributed by atoms with Crippen LogP contribution in [-0.2, 0) is 6.42 Å². The fraction of sp³-hybridized carbons (Fsp3) is 0.286. The van der Waals surface area contributed by atoms with Crippen LogP contribution < -0.4 is 0 Å². The standard InChI is InChI=1S/C21H19Cl2NO2/c22-15-3-1-2-14(10-15)21(26)24-8-6-17-18-12-16(23)5-4-13(18)11-19(17)20(24)7-9-25/h1-5,10,12,20,25H,6-9,11H2. The molecule has 0 radical (unpaired) electrons. The van der Waals surface area contributed by atoms with Crippen LogP contribution in [0.3, 0.4) is 0 Å². The number of hydrogen-bond donors (Lipinski definition) is 1. The predicted molar refractivity (Wildman–Crippen MR) is 105 cm³/mol. The summed E-state index contributed by atoms with van der Waals surface area (Å²) in [4.78, 5) is 15.0. The first kappa shape index (κ1) is 17.6. The van der Waals surface area contributed by atoms with Crippen molar-refractivity contribution in [3.05, 3.63) is 74.8 Å². The highest BCUT2D eigenvalue weighted by Gasteiger charge is 2.36. The quantitative estimate of drug-likeness (QED) is 0.835. The van der Waals surface area contributed by atoms with E-state index >= 15 is 0 Å². The van der Waals surface area contributed by atoms with Crippen LogP contribution in [0.2, 0.25) is 10.0 Å². The Morgan fingerprint density at radius 1 is 1.15 bits per heavy atom. The van der Waals surface area contributed by atoms with Gasteiger partial charge < -0.3 is 10.0 Å². The zero-order valence-electron chi connectivity index (χ0n) is 14.2. The third kappa shape index (κ3) is 3.05. The number of carbonyl (C=O) groups excluding carboxylic acids is 1. The SMILES string of the molecule is O=C(c1cccc(Cl)c1)N1CCC2=C(Cc3ccc(Cl)cc32)C1CCO. The van der Waals surface area contributed by atoms with E-state index in [4.69, 9.17) is 23.2 Å². The van der Waals surface area contributed by atoms with Gasteiger partial charge in [0, 0.05) is 28.8 Å². The van der Waals surface area contributed by atoms with Gasteiger partial charge in [-0.15, -0.1) is 0 Å². The fourth-order valence-electron chi connectivity index (χ4n) is 4.14. The van der Waals surface area contributed by atoms with E-state index in [9.17, 15) is 9.90 Å². The van der Waals surface area contributed by atoms with Crippen molar-refractivity contribution >= 4 is 34.7 Å². The molecule has 1 amide bonds. The molecular formula is C21H19Cl2NO2. The van der Waals surface area contributed by atoms with Gasteiger partial charge in [0.15, 0.2) is 0 Å². The fourth-order valence-corrected chi connectivity index (χ4v) is 4.50. The van der Waals surface area contributed by atoms with E-state index in [1.165, 1.54) is 22.3 Å². The van der Waals surface area contributed by atoms with E-state index in [1.54, 1.807) is 24.3 Å². The molecule has 1 atom stereocenters. The lowest BCUT2D eigenvalue weighted by Gasteiger charge is -2.37. The second-order valence-corrected chi connectivity index (χ2v) is 7.64. The second-order valence-electron chi connectivity index (χ2n) is 6.77. The van der Waals surface area contributed by atoms with Gasteiger partial charge in [-0.05, 0) is 71.9 Å². The molecule has 5 heteroatoms. The first-order valence-electron chi connectivity index (χ1n) is 8.76. The highest BCUT2D eigenvalue weighted by atomic mass is 35.5. The van der Waals surface area contributed by atoms with Gasteiger partial charge in [0.1, 0.15) is 0 Å². The van der Waals surface area contributed by atoms with Gasteiger partial charge in [-0.3, -0.25) is 4.79 Å². The Hall–Kier alpha value is -1.81. The van der Waals surface area contributed by atoms with Gasteiger partial charge >= 0.3 is 0 Å². The number of halogens is 2. The monoisotopic (exact) mass is 387 g/mol. The Kier molecular flexibility index (Phi) is 4.78. The van der Waals surface area contributed by atoms with Gasteiger partial charge in [0.25, 0.3) is 5.91 Å². The minimum Gasteiger partial charge on any atom is -0.396 e. The van der Waals surface area contributed by atoms with Crippen LogP contribution in [0, 0.1) is 0 Å². The molecule has 0 aromatic heterocycles. The van der Waals surface area contributed by atoms with Crippen LogP contribution in [-0.4, -0.2) is 35.1 Å². The Balaban J connectivity index is 1.70. The number of aliphatic hydroxyl groups excluding tert-OH is 1. The van der Waals surface area contributed by atoms with Gasteiger partial charge in [-0.1, -0.05) is 35.3 Å². The van der Waals surface area contributed by atoms with Gasteiger partial charge in [0.2, 0.25) is 0 Å². The molecule has 0 saturated carbocycles. The Labute approximate surface area is 162 Å². The molecule has 1 heterocycles. The number of rotatable bonds is 3. The van der Waals surface area contributed by atoms with E-state index < -0.39 is 0 Å². The molecule has 0 fully saturated rings. The zero-order valence-corrected chi connectivity index (χ0v) is 15.7. The lowest BCUT2D eigenvalue weighted by Crippen LogP contribution is -2.45. The number of benzene rings is 2. The highest BCUT2D eigenvalue weighted by molar-refractivity contribution is 6.31. The third-order valence-corrected chi connectivity index (χ3v) is 5.75. The summed E-state index contributed by atoms with van der Waals surface area (Å²) in [5.41, 5.74) is 5.56. The van der Waals surface area contributed by atoms with Crippen LogP contribution in [0.5, 0.6) is 0 Å². The zero-order chi connectivity index (χ0) is 18.3. The van der Waals surface area contributed by atoms with Crippen LogP contribution in [0.1, 0.15) is 34.3 Å². The highest BCUT2D eigenvalue weighted by Crippen LogP contribution is 2.43. The molecule has 2 aromatic carbocycles. The van der Waals surface area contributed by atoms with Gasteiger partial charge in [-0.25, -0.2) is 0 Å². The number of hydrogen-bond acceptors (Lipinski definition) is 2. The molecule has 2 aliphatic rings. The number of carbonyl (C=O) groups is 1. The van der Waals surface area contributed by atoms with Crippen molar-refractivity contribution < 1.29 is 9.90 Å². The van der Waals surface area contributed by atoms with E-state index in [-0.39, 0.29) is 18.6 Å². The lowest BCUT2D eigenvalue weighted by atomic mass is 9.90. The number of fused-ring (bicyclic) bond motifs is 2. The summed E-state index contributed by atoms with van der Waals surface area (Å²) in [6.07, 6.45) is 2.15. The van der Waals surface area contributed by atoms with Crippen molar-refractivity contribution in [3.63, 3.8) is 0 Å². The topological polar surface area (TPSA) is 40.5 Å². The first-order valence-corrected chi connectivity index (χ1v) is 9.52. The molecule has 1 N–H and O–H groups in total. The summed E-state index contributed by atoms with van der Waals surface area (Å²) in [6, 6.07) is 12.9. The van der Waals surface area contributed by atoms with Crippen molar-refractivity contribution in [2.45, 2.75) is 25.3 Å². The maximum atomic E-state index is 13.1. The van der Waals surface area contributed by atoms with E-state index in [0.29, 0.717) is 23.6 Å². The first-order chi connectivity index (χ1) is 12.6. The molecule has 1 unspecified atom stereocenters. The summed E-state index contributed by atoms with van der Waals surface area (Å²) >= 11 is 12.2. The molecule has 2 aromatic rings. The van der Waals surface area contributed by atoms with Crippen molar-refractivity contribution in [2.75, 3.05) is 13.2 Å². The maximum Gasteiger partial charge on any atom is 0.254 e. The van der Waals surface area contributed by atoms with E-state index in [0.717, 1.165) is 17.9 Å². The van der Waals surface area contributed by atoms with Crippen molar-refractivity contribution in [2.24, 2.45) is 0 Å². The number of nitrogens with zero attached hydrogens (tertiary/aromatic N) is 1. The van der Waals surface area contributed by atoms with Crippen molar-refractivity contribution in [1.29, 1.82) is 0 Å². The minimum absolute atomic E-state index is 0.0357. The molecule has 1 aliphatic carbocycles. The molecular weight excluding hydrogens is 369 g/mol. The summed E-state index contributed by atoms with van der Waals surface area (Å²) in [6.45, 7) is 0.665. The Bertz CT molecular complexity index is 907. The van der Waals surface area contributed by atoms with E-state index in [1.807, 2.05) is 17.0 Å². The maximum absolute atomic E-state index is 13.1. The third-order valence-electron chi connectivity index (χ3n) is 5.28. The number of aliphatic hydroxyl groups is 1. The summed E-state index contributed by atoms with van der Waals surface area (Å²) < 4.78 is 0. The predicted octanol–water partition coefficient (Wildman–Crippen LogP) is 4.60.